The average Bonchev–Trinajstić information content (AvgIpc) is 3.45. The van der Waals surface area contributed by atoms with Crippen molar-refractivity contribution in [3.05, 3.63) is 59.0 Å². The number of aryl methyl sites for hydroxylation is 2. The number of hydrogen-bond donors (Lipinski definition) is 1. The molecule has 0 saturated carbocycles. The van der Waals surface area contributed by atoms with Crippen LogP contribution in [0.3, 0.4) is 0 Å². The van der Waals surface area contributed by atoms with Crippen molar-refractivity contribution in [3.63, 3.8) is 0 Å². The first-order valence-corrected chi connectivity index (χ1v) is 11.8. The van der Waals surface area contributed by atoms with Crippen molar-refractivity contribution >= 4 is 43.7 Å². The molecular weight excluding hydrogens is 392 g/mol. The van der Waals surface area contributed by atoms with Gasteiger partial charge in [-0.3, -0.25) is 4.79 Å². The third-order valence-corrected chi connectivity index (χ3v) is 8.98. The standard InChI is InChI=1S/C21H20N2O3S2/c24-21(18-6-2-12-23(18)28(25,26)19-7-3-13-27-19)22-17-11-10-15-9-8-14-4-1-5-16(17)20(14)15/h1,3-5,7,10-11,13,18H,2,6,8-9,12H2,(H,22,24)/t18-/m0/s1. The Bertz CT molecular complexity index is 1160. The van der Waals surface area contributed by atoms with Gasteiger partial charge in [0.25, 0.3) is 10.0 Å². The molecule has 1 aliphatic heterocycles. The molecule has 5 rings (SSSR count). The molecule has 1 atom stereocenters. The largest absolute Gasteiger partial charge is 0.324 e. The van der Waals surface area contributed by atoms with Crippen molar-refractivity contribution in [2.24, 2.45) is 0 Å². The van der Waals surface area contributed by atoms with Gasteiger partial charge in [-0.1, -0.05) is 30.3 Å². The van der Waals surface area contributed by atoms with Crippen LogP contribution in [0.15, 0.2) is 52.1 Å². The Balaban J connectivity index is 1.46. The van der Waals surface area contributed by atoms with Gasteiger partial charge in [0.05, 0.1) is 0 Å². The van der Waals surface area contributed by atoms with E-state index in [4.69, 9.17) is 0 Å². The van der Waals surface area contributed by atoms with E-state index in [1.807, 2.05) is 18.2 Å². The third-order valence-electron chi connectivity index (χ3n) is 5.70. The maximum atomic E-state index is 13.1. The smallest absolute Gasteiger partial charge is 0.253 e. The third kappa shape index (κ3) is 2.77. The van der Waals surface area contributed by atoms with E-state index in [9.17, 15) is 13.2 Å². The highest BCUT2D eigenvalue weighted by molar-refractivity contribution is 7.91. The molecule has 28 heavy (non-hydrogen) atoms. The summed E-state index contributed by atoms with van der Waals surface area (Å²) < 4.78 is 27.5. The molecule has 3 aromatic rings. The number of benzene rings is 2. The van der Waals surface area contributed by atoms with Crippen LogP contribution in [0.1, 0.15) is 24.0 Å². The van der Waals surface area contributed by atoms with E-state index in [0.29, 0.717) is 19.4 Å². The Kier molecular flexibility index (Phi) is 4.26. The molecule has 1 saturated heterocycles. The highest BCUT2D eigenvalue weighted by Crippen LogP contribution is 2.36. The highest BCUT2D eigenvalue weighted by atomic mass is 32.2. The molecule has 1 aliphatic carbocycles. The second-order valence-corrected chi connectivity index (χ2v) is 10.4. The lowest BCUT2D eigenvalue weighted by Gasteiger charge is -2.23. The zero-order valence-electron chi connectivity index (χ0n) is 15.2. The summed E-state index contributed by atoms with van der Waals surface area (Å²) in [6, 6.07) is 12.8. The van der Waals surface area contributed by atoms with Crippen molar-refractivity contribution in [2.75, 3.05) is 11.9 Å². The topological polar surface area (TPSA) is 66.5 Å². The number of anilines is 1. The van der Waals surface area contributed by atoms with E-state index in [1.54, 1.807) is 17.5 Å². The molecular formula is C21H20N2O3S2. The molecule has 1 amide bonds. The van der Waals surface area contributed by atoms with E-state index >= 15 is 0 Å². The van der Waals surface area contributed by atoms with Crippen molar-refractivity contribution < 1.29 is 13.2 Å². The van der Waals surface area contributed by atoms with Gasteiger partial charge in [0.2, 0.25) is 5.91 Å². The van der Waals surface area contributed by atoms with Crippen molar-refractivity contribution in [1.82, 2.24) is 4.31 Å². The first kappa shape index (κ1) is 17.8. The lowest BCUT2D eigenvalue weighted by molar-refractivity contribution is -0.119. The number of carbonyl (C=O) groups is 1. The van der Waals surface area contributed by atoms with Crippen LogP contribution in [-0.2, 0) is 27.7 Å². The van der Waals surface area contributed by atoms with Gasteiger partial charge >= 0.3 is 0 Å². The molecule has 2 aliphatic rings. The van der Waals surface area contributed by atoms with Crippen LogP contribution in [0.5, 0.6) is 0 Å². The predicted octanol–water partition coefficient (Wildman–Crippen LogP) is 3.79. The summed E-state index contributed by atoms with van der Waals surface area (Å²) in [4.78, 5) is 13.1. The van der Waals surface area contributed by atoms with Gasteiger partial charge < -0.3 is 5.32 Å². The van der Waals surface area contributed by atoms with Crippen LogP contribution in [0, 0.1) is 0 Å². The monoisotopic (exact) mass is 412 g/mol. The lowest BCUT2D eigenvalue weighted by atomic mass is 10.0. The Labute approximate surface area is 168 Å². The molecule has 1 fully saturated rings. The molecule has 0 unspecified atom stereocenters. The van der Waals surface area contributed by atoms with Crippen LogP contribution < -0.4 is 5.32 Å². The number of thiophene rings is 1. The summed E-state index contributed by atoms with van der Waals surface area (Å²) in [5.74, 6) is -0.253. The second-order valence-electron chi connectivity index (χ2n) is 7.31. The fourth-order valence-corrected chi connectivity index (χ4v) is 7.16. The van der Waals surface area contributed by atoms with Gasteiger partial charge in [0.1, 0.15) is 10.3 Å². The predicted molar refractivity (Wildman–Crippen MR) is 111 cm³/mol. The molecule has 144 valence electrons. The van der Waals surface area contributed by atoms with E-state index in [0.717, 1.165) is 23.9 Å². The second kappa shape index (κ2) is 6.69. The zero-order valence-corrected chi connectivity index (χ0v) is 16.9. The Hall–Kier alpha value is -2.22. The lowest BCUT2D eigenvalue weighted by Crippen LogP contribution is -2.42. The molecule has 2 aromatic carbocycles. The Morgan fingerprint density at radius 1 is 1.07 bits per heavy atom. The van der Waals surface area contributed by atoms with E-state index in [-0.39, 0.29) is 10.1 Å². The first-order chi connectivity index (χ1) is 13.6. The molecule has 5 nitrogen and oxygen atoms in total. The number of carbonyl (C=O) groups excluding carboxylic acids is 1. The minimum atomic E-state index is -3.64. The summed E-state index contributed by atoms with van der Waals surface area (Å²) >= 11 is 1.19. The van der Waals surface area contributed by atoms with E-state index in [2.05, 4.69) is 17.4 Å². The number of nitrogens with one attached hydrogen (secondary N) is 1. The van der Waals surface area contributed by atoms with Gasteiger partial charge in [-0.05, 0) is 59.7 Å². The van der Waals surface area contributed by atoms with E-state index in [1.165, 1.54) is 32.2 Å². The SMILES string of the molecule is O=C(Nc1ccc2c3c(cccc13)CC2)[C@@H]1CCCN1S(=O)(=O)c1cccs1. The van der Waals surface area contributed by atoms with Crippen LogP contribution in [0.2, 0.25) is 0 Å². The number of nitrogens with zero attached hydrogens (tertiary/aromatic N) is 1. The maximum absolute atomic E-state index is 13.1. The summed E-state index contributed by atoms with van der Waals surface area (Å²) in [5, 5.41) is 7.02. The van der Waals surface area contributed by atoms with Gasteiger partial charge in [0, 0.05) is 17.6 Å². The van der Waals surface area contributed by atoms with Gasteiger partial charge in [-0.2, -0.15) is 4.31 Å². The molecule has 0 spiro atoms. The molecule has 0 radical (unpaired) electrons. The summed E-state index contributed by atoms with van der Waals surface area (Å²) in [5.41, 5.74) is 3.38. The van der Waals surface area contributed by atoms with Crippen LogP contribution in [-0.4, -0.2) is 31.2 Å². The van der Waals surface area contributed by atoms with Gasteiger partial charge in [0.15, 0.2) is 0 Å². The average molecular weight is 413 g/mol. The number of amides is 1. The van der Waals surface area contributed by atoms with Crippen molar-refractivity contribution in [2.45, 2.75) is 35.9 Å². The van der Waals surface area contributed by atoms with Crippen molar-refractivity contribution in [1.29, 1.82) is 0 Å². The van der Waals surface area contributed by atoms with Crippen LogP contribution in [0.4, 0.5) is 5.69 Å². The first-order valence-electron chi connectivity index (χ1n) is 9.45. The Morgan fingerprint density at radius 3 is 2.68 bits per heavy atom. The van der Waals surface area contributed by atoms with Crippen LogP contribution >= 0.6 is 11.3 Å². The molecule has 1 aromatic heterocycles. The van der Waals surface area contributed by atoms with Crippen LogP contribution in [0.25, 0.3) is 10.8 Å². The zero-order chi connectivity index (χ0) is 19.3. The minimum Gasteiger partial charge on any atom is -0.324 e. The summed E-state index contributed by atoms with van der Waals surface area (Å²) in [7, 11) is -3.64. The quantitative estimate of drug-likeness (QED) is 0.709. The summed E-state index contributed by atoms with van der Waals surface area (Å²) in [6.45, 7) is 0.377. The highest BCUT2D eigenvalue weighted by Gasteiger charge is 2.40. The fourth-order valence-electron chi connectivity index (χ4n) is 4.39. The number of hydrogen-bond acceptors (Lipinski definition) is 4. The number of rotatable bonds is 4. The molecule has 2 heterocycles. The minimum absolute atomic E-state index is 0.253. The summed E-state index contributed by atoms with van der Waals surface area (Å²) in [6.07, 6.45) is 3.28. The van der Waals surface area contributed by atoms with Crippen molar-refractivity contribution in [3.8, 4) is 0 Å². The van der Waals surface area contributed by atoms with Gasteiger partial charge in [-0.15, -0.1) is 11.3 Å². The number of sulfonamides is 1. The molecule has 7 heteroatoms. The normalized spacial score (nSPS) is 19.4. The maximum Gasteiger partial charge on any atom is 0.253 e. The van der Waals surface area contributed by atoms with Gasteiger partial charge in [-0.25, -0.2) is 8.42 Å². The molecule has 1 N–H and O–H groups in total. The molecule has 0 bridgehead atoms. The Morgan fingerprint density at radius 2 is 1.89 bits per heavy atom. The van der Waals surface area contributed by atoms with E-state index < -0.39 is 16.1 Å². The fraction of sp³-hybridized carbons (Fsp3) is 0.286.